The smallest absolute Gasteiger partial charge is 0.162 e. The first-order valence-corrected chi connectivity index (χ1v) is 9.53. The van der Waals surface area contributed by atoms with Crippen LogP contribution in [0.4, 0.5) is 4.39 Å². The summed E-state index contributed by atoms with van der Waals surface area (Å²) in [6, 6.07) is 6.14. The van der Waals surface area contributed by atoms with Crippen molar-refractivity contribution < 1.29 is 19.4 Å². The van der Waals surface area contributed by atoms with Crippen molar-refractivity contribution in [2.75, 3.05) is 6.61 Å². The Labute approximate surface area is 165 Å². The third-order valence-electron chi connectivity index (χ3n) is 3.84. The van der Waals surface area contributed by atoms with E-state index in [9.17, 15) is 14.3 Å². The molecule has 1 aromatic carbocycles. The lowest BCUT2D eigenvalue weighted by molar-refractivity contribution is -0.115. The third kappa shape index (κ3) is 9.00. The number of allylic oxidation sites excluding steroid dienone is 4. The van der Waals surface area contributed by atoms with E-state index >= 15 is 0 Å². The Balaban J connectivity index is 2.48. The molecule has 146 valence electrons. The molecule has 1 aromatic rings. The van der Waals surface area contributed by atoms with Crippen LogP contribution >= 0.6 is 11.8 Å². The van der Waals surface area contributed by atoms with Crippen molar-refractivity contribution in [1.82, 2.24) is 0 Å². The SMILES string of the molecule is C=C(C/C(C)=C/C(=C)C(=O)CCCC(O)CO)SC(=C)c1ccc(F)cc1. The van der Waals surface area contributed by atoms with Crippen molar-refractivity contribution in [3.05, 3.63) is 77.5 Å². The van der Waals surface area contributed by atoms with Crippen LogP contribution in [0.25, 0.3) is 4.91 Å². The summed E-state index contributed by atoms with van der Waals surface area (Å²) in [7, 11) is 0. The first-order valence-electron chi connectivity index (χ1n) is 8.71. The number of hydrogen-bond acceptors (Lipinski definition) is 4. The average molecular weight is 391 g/mol. The number of hydrogen-bond donors (Lipinski definition) is 2. The number of aliphatic hydroxyl groups excluding tert-OH is 2. The molecule has 5 heteroatoms. The zero-order valence-corrected chi connectivity index (χ0v) is 16.5. The van der Waals surface area contributed by atoms with Gasteiger partial charge in [-0.2, -0.15) is 0 Å². The number of Topliss-reactive ketones (excluding diaryl/α,β-unsaturated/α-hetero) is 1. The minimum atomic E-state index is -0.780. The number of halogens is 1. The van der Waals surface area contributed by atoms with Crippen molar-refractivity contribution in [3.63, 3.8) is 0 Å². The highest BCUT2D eigenvalue weighted by atomic mass is 32.2. The summed E-state index contributed by atoms with van der Waals surface area (Å²) in [5, 5.41) is 18.1. The Bertz CT molecular complexity index is 720. The quantitative estimate of drug-likeness (QED) is 0.388. The molecule has 0 saturated carbocycles. The van der Waals surface area contributed by atoms with Crippen LogP contribution in [0.3, 0.4) is 0 Å². The Morgan fingerprint density at radius 2 is 1.89 bits per heavy atom. The molecule has 0 bridgehead atoms. The van der Waals surface area contributed by atoms with Crippen LogP contribution in [0.5, 0.6) is 0 Å². The highest BCUT2D eigenvalue weighted by Crippen LogP contribution is 2.34. The minimum absolute atomic E-state index is 0.0755. The van der Waals surface area contributed by atoms with E-state index in [0.29, 0.717) is 24.8 Å². The van der Waals surface area contributed by atoms with Gasteiger partial charge in [0.05, 0.1) is 12.7 Å². The summed E-state index contributed by atoms with van der Waals surface area (Å²) >= 11 is 1.42. The standard InChI is InChI=1S/C22H27FO3S/c1-15(12-16(2)22(26)7-5-6-21(25)14-24)13-17(3)27-18(4)19-8-10-20(23)11-9-19/h8-12,21,24-25H,2-7,13-14H2,1H3/b15-12+. The molecule has 0 fully saturated rings. The molecule has 3 nitrogen and oxygen atoms in total. The second kappa shape index (κ2) is 11.7. The predicted octanol–water partition coefficient (Wildman–Crippen LogP) is 5.03. The Morgan fingerprint density at radius 3 is 2.48 bits per heavy atom. The van der Waals surface area contributed by atoms with E-state index in [2.05, 4.69) is 19.7 Å². The fraction of sp³-hybridized carbons (Fsp3) is 0.318. The molecule has 0 spiro atoms. The average Bonchev–Trinajstić information content (AvgIpc) is 2.61. The lowest BCUT2D eigenvalue weighted by Gasteiger charge is -2.10. The molecule has 0 aromatic heterocycles. The van der Waals surface area contributed by atoms with Gasteiger partial charge in [-0.3, -0.25) is 4.79 Å². The molecule has 1 atom stereocenters. The maximum atomic E-state index is 13.0. The van der Waals surface area contributed by atoms with Gasteiger partial charge in [-0.1, -0.05) is 55.3 Å². The van der Waals surface area contributed by atoms with E-state index in [1.54, 1.807) is 18.2 Å². The highest BCUT2D eigenvalue weighted by Gasteiger charge is 2.09. The molecule has 0 amide bonds. The zero-order valence-electron chi connectivity index (χ0n) is 15.7. The van der Waals surface area contributed by atoms with E-state index in [-0.39, 0.29) is 24.6 Å². The van der Waals surface area contributed by atoms with Crippen molar-refractivity contribution in [3.8, 4) is 0 Å². The Morgan fingerprint density at radius 1 is 1.26 bits per heavy atom. The van der Waals surface area contributed by atoms with Crippen molar-refractivity contribution in [2.45, 2.75) is 38.7 Å². The largest absolute Gasteiger partial charge is 0.394 e. The third-order valence-corrected chi connectivity index (χ3v) is 4.76. The molecule has 1 unspecified atom stereocenters. The minimum Gasteiger partial charge on any atom is -0.394 e. The van der Waals surface area contributed by atoms with Gasteiger partial charge in [-0.15, -0.1) is 0 Å². The molecular formula is C22H27FO3S. The summed E-state index contributed by atoms with van der Waals surface area (Å²) < 4.78 is 13.0. The molecule has 0 aliphatic rings. The maximum absolute atomic E-state index is 13.0. The van der Waals surface area contributed by atoms with Crippen molar-refractivity contribution >= 4 is 22.5 Å². The van der Waals surface area contributed by atoms with Gasteiger partial charge in [0.1, 0.15) is 5.82 Å². The van der Waals surface area contributed by atoms with Crippen molar-refractivity contribution in [1.29, 1.82) is 0 Å². The number of aliphatic hydroxyl groups is 2. The van der Waals surface area contributed by atoms with Crippen LogP contribution in [0, 0.1) is 5.82 Å². The number of carbonyl (C=O) groups excluding carboxylic acids is 1. The first-order chi connectivity index (χ1) is 12.7. The van der Waals surface area contributed by atoms with E-state index in [4.69, 9.17) is 5.11 Å². The number of thioether (sulfide) groups is 1. The fourth-order valence-electron chi connectivity index (χ4n) is 2.40. The highest BCUT2D eigenvalue weighted by molar-refractivity contribution is 8.11. The summed E-state index contributed by atoms with van der Waals surface area (Å²) in [6.07, 6.45) is 2.73. The van der Waals surface area contributed by atoms with Crippen LogP contribution in [0.2, 0.25) is 0 Å². The molecule has 0 radical (unpaired) electrons. The van der Waals surface area contributed by atoms with E-state index in [0.717, 1.165) is 20.9 Å². The topological polar surface area (TPSA) is 57.5 Å². The fourth-order valence-corrected chi connectivity index (χ4v) is 3.30. The summed E-state index contributed by atoms with van der Waals surface area (Å²) in [5.74, 6) is -0.364. The summed E-state index contributed by atoms with van der Waals surface area (Å²) in [6.45, 7) is 13.4. The molecule has 1 rings (SSSR count). The summed E-state index contributed by atoms with van der Waals surface area (Å²) in [5.41, 5.74) is 2.21. The first kappa shape index (κ1) is 23.1. The van der Waals surface area contributed by atoms with Gasteiger partial charge in [-0.25, -0.2) is 4.39 Å². The van der Waals surface area contributed by atoms with Crippen LogP contribution in [-0.2, 0) is 4.79 Å². The Hall–Kier alpha value is -1.95. The number of ketones is 1. The van der Waals surface area contributed by atoms with E-state index < -0.39 is 6.10 Å². The monoisotopic (exact) mass is 390 g/mol. The van der Waals surface area contributed by atoms with Crippen LogP contribution in [0.1, 0.15) is 38.2 Å². The lowest BCUT2D eigenvalue weighted by atomic mass is 10.0. The summed E-state index contributed by atoms with van der Waals surface area (Å²) in [4.78, 5) is 13.7. The van der Waals surface area contributed by atoms with Gasteiger partial charge < -0.3 is 10.2 Å². The van der Waals surface area contributed by atoms with Crippen LogP contribution in [0.15, 0.2) is 66.1 Å². The lowest BCUT2D eigenvalue weighted by Crippen LogP contribution is -2.12. The van der Waals surface area contributed by atoms with Crippen LogP contribution in [-0.4, -0.2) is 28.7 Å². The molecule has 0 aliphatic heterocycles. The number of benzene rings is 1. The zero-order chi connectivity index (χ0) is 20.4. The normalized spacial score (nSPS) is 12.5. The molecule has 27 heavy (non-hydrogen) atoms. The molecule has 0 heterocycles. The van der Waals surface area contributed by atoms with E-state index in [1.165, 1.54) is 23.9 Å². The van der Waals surface area contributed by atoms with Crippen LogP contribution < -0.4 is 0 Å². The molecule has 2 N–H and O–H groups in total. The van der Waals surface area contributed by atoms with E-state index in [1.807, 2.05) is 6.92 Å². The van der Waals surface area contributed by atoms with Gasteiger partial charge in [0, 0.05) is 16.9 Å². The van der Waals surface area contributed by atoms with Gasteiger partial charge >= 0.3 is 0 Å². The Kier molecular flexibility index (Phi) is 10.0. The second-order valence-electron chi connectivity index (χ2n) is 6.42. The maximum Gasteiger partial charge on any atom is 0.162 e. The van der Waals surface area contributed by atoms with Gasteiger partial charge in [-0.05, 0) is 48.8 Å². The van der Waals surface area contributed by atoms with Gasteiger partial charge in [0.2, 0.25) is 0 Å². The molecule has 0 saturated heterocycles. The van der Waals surface area contributed by atoms with Gasteiger partial charge in [0.25, 0.3) is 0 Å². The number of rotatable bonds is 12. The molecule has 0 aliphatic carbocycles. The number of carbonyl (C=O) groups is 1. The predicted molar refractivity (Wildman–Crippen MR) is 112 cm³/mol. The van der Waals surface area contributed by atoms with Crippen molar-refractivity contribution in [2.24, 2.45) is 0 Å². The second-order valence-corrected chi connectivity index (χ2v) is 7.69. The van der Waals surface area contributed by atoms with Gasteiger partial charge in [0.15, 0.2) is 5.78 Å². The molecular weight excluding hydrogens is 363 g/mol.